The normalized spacial score (nSPS) is 16.8. The number of aryl methyl sites for hydroxylation is 2. The van der Waals surface area contributed by atoms with E-state index in [0.29, 0.717) is 36.7 Å². The van der Waals surface area contributed by atoms with Crippen molar-refractivity contribution >= 4 is 11.8 Å². The molecule has 25 heavy (non-hydrogen) atoms. The van der Waals surface area contributed by atoms with E-state index in [4.69, 9.17) is 9.68 Å². The Morgan fingerprint density at radius 2 is 2.12 bits per heavy atom. The molecule has 2 heterocycles. The monoisotopic (exact) mass is 338 g/mol. The highest BCUT2D eigenvalue weighted by atomic mass is 16.4. The molecule has 7 heteroatoms. The van der Waals surface area contributed by atoms with Crippen LogP contribution >= 0.6 is 0 Å². The third kappa shape index (κ3) is 3.53. The summed E-state index contributed by atoms with van der Waals surface area (Å²) in [5.41, 5.74) is 1.75. The minimum absolute atomic E-state index is 0.115. The Labute approximate surface area is 145 Å². The van der Waals surface area contributed by atoms with Crippen molar-refractivity contribution in [2.24, 2.45) is 0 Å². The maximum absolute atomic E-state index is 12.5. The van der Waals surface area contributed by atoms with Gasteiger partial charge in [0.05, 0.1) is 11.6 Å². The van der Waals surface area contributed by atoms with Crippen LogP contribution in [0.2, 0.25) is 0 Å². The first kappa shape index (κ1) is 16.7. The second-order valence-electron chi connectivity index (χ2n) is 6.02. The van der Waals surface area contributed by atoms with Gasteiger partial charge in [0.2, 0.25) is 5.91 Å². The first-order chi connectivity index (χ1) is 12.0. The maximum atomic E-state index is 12.5. The van der Waals surface area contributed by atoms with Crippen LogP contribution in [0.1, 0.15) is 39.7 Å². The molecule has 1 aromatic carbocycles. The zero-order valence-electron chi connectivity index (χ0n) is 14.1. The van der Waals surface area contributed by atoms with Gasteiger partial charge in [0, 0.05) is 20.0 Å². The Kier molecular flexibility index (Phi) is 4.52. The third-order valence-electron chi connectivity index (χ3n) is 4.18. The van der Waals surface area contributed by atoms with Crippen LogP contribution in [0.25, 0.3) is 0 Å². The fraction of sp³-hybridized carbons (Fsp3) is 0.333. The van der Waals surface area contributed by atoms with Crippen LogP contribution in [0.15, 0.2) is 28.7 Å². The molecule has 0 bridgehead atoms. The summed E-state index contributed by atoms with van der Waals surface area (Å²) in [6, 6.07) is 8.63. The van der Waals surface area contributed by atoms with Crippen LogP contribution < -0.4 is 5.32 Å². The highest BCUT2D eigenvalue weighted by Gasteiger charge is 2.33. The lowest BCUT2D eigenvalue weighted by Crippen LogP contribution is -2.41. The predicted molar refractivity (Wildman–Crippen MR) is 88.4 cm³/mol. The minimum atomic E-state index is -0.553. The third-order valence-corrected chi connectivity index (χ3v) is 4.18. The fourth-order valence-corrected chi connectivity index (χ4v) is 2.90. The van der Waals surface area contributed by atoms with Gasteiger partial charge in [-0.05, 0) is 31.0 Å². The number of amides is 2. The zero-order valence-corrected chi connectivity index (χ0v) is 14.1. The quantitative estimate of drug-likeness (QED) is 0.914. The predicted octanol–water partition coefficient (Wildman–Crippen LogP) is 1.69. The van der Waals surface area contributed by atoms with Crippen molar-refractivity contribution in [1.29, 1.82) is 5.26 Å². The number of likely N-dealkylation sites (tertiary alicyclic amines) is 1. The molecule has 0 saturated carbocycles. The van der Waals surface area contributed by atoms with E-state index in [9.17, 15) is 9.59 Å². The number of hydrogen-bond donors (Lipinski definition) is 1. The van der Waals surface area contributed by atoms with Gasteiger partial charge in [-0.25, -0.2) is 4.98 Å². The molecular formula is C18H18N4O3. The molecule has 1 fully saturated rings. The fourth-order valence-electron chi connectivity index (χ4n) is 2.90. The lowest BCUT2D eigenvalue weighted by molar-refractivity contribution is -0.129. The van der Waals surface area contributed by atoms with Crippen molar-refractivity contribution in [3.8, 4) is 6.07 Å². The highest BCUT2D eigenvalue weighted by Crippen LogP contribution is 2.17. The Hall–Kier alpha value is -3.14. The molecule has 0 radical (unpaired) electrons. The number of nitriles is 1. The van der Waals surface area contributed by atoms with E-state index in [1.165, 1.54) is 0 Å². The number of benzene rings is 1. The maximum Gasteiger partial charge on any atom is 0.274 e. The molecule has 1 aliphatic rings. The van der Waals surface area contributed by atoms with Crippen molar-refractivity contribution in [2.75, 3.05) is 6.54 Å². The van der Waals surface area contributed by atoms with Crippen LogP contribution in [0, 0.1) is 25.2 Å². The molecule has 7 nitrogen and oxygen atoms in total. The van der Waals surface area contributed by atoms with E-state index in [0.717, 1.165) is 5.56 Å². The molecule has 1 N–H and O–H groups in total. The largest absolute Gasteiger partial charge is 0.445 e. The van der Waals surface area contributed by atoms with Gasteiger partial charge in [0.25, 0.3) is 5.91 Å². The van der Waals surface area contributed by atoms with Gasteiger partial charge in [-0.3, -0.25) is 9.59 Å². The van der Waals surface area contributed by atoms with Gasteiger partial charge < -0.3 is 14.6 Å². The summed E-state index contributed by atoms with van der Waals surface area (Å²) >= 11 is 0. The summed E-state index contributed by atoms with van der Waals surface area (Å²) in [5, 5.41) is 11.6. The van der Waals surface area contributed by atoms with E-state index < -0.39 is 11.9 Å². The van der Waals surface area contributed by atoms with E-state index in [1.807, 2.05) is 12.1 Å². The summed E-state index contributed by atoms with van der Waals surface area (Å²) in [6.07, 6.45) is 0.552. The van der Waals surface area contributed by atoms with Gasteiger partial charge >= 0.3 is 0 Å². The second kappa shape index (κ2) is 6.77. The summed E-state index contributed by atoms with van der Waals surface area (Å²) < 4.78 is 5.26. The summed E-state index contributed by atoms with van der Waals surface area (Å²) in [7, 11) is 0. The number of aromatic nitrogens is 1. The van der Waals surface area contributed by atoms with Gasteiger partial charge in [0.1, 0.15) is 11.8 Å². The van der Waals surface area contributed by atoms with Crippen LogP contribution in [0.4, 0.5) is 0 Å². The average molecular weight is 338 g/mol. The molecule has 1 saturated heterocycles. The number of carbonyl (C=O) groups excluding carboxylic acids is 2. The van der Waals surface area contributed by atoms with E-state index >= 15 is 0 Å². The molecule has 0 unspecified atom stereocenters. The number of nitrogens with one attached hydrogen (secondary N) is 1. The lowest BCUT2D eigenvalue weighted by atomic mass is 10.1. The van der Waals surface area contributed by atoms with Crippen LogP contribution in [0.5, 0.6) is 0 Å². The Bertz CT molecular complexity index is 848. The molecule has 2 aromatic rings. The minimum Gasteiger partial charge on any atom is -0.445 e. The molecule has 1 atom stereocenters. The number of rotatable bonds is 4. The standard InChI is InChI=1S/C18H18N4O3/c1-11-16(20-12(2)25-11)17(23)21-15-7-8-22(18(15)24)10-14-5-3-13(9-19)4-6-14/h3-6,15H,7-8,10H2,1-2H3,(H,21,23)/t15-/m1/s1. The zero-order chi connectivity index (χ0) is 18.0. The van der Waals surface area contributed by atoms with E-state index in [-0.39, 0.29) is 11.6 Å². The van der Waals surface area contributed by atoms with Crippen molar-refractivity contribution in [2.45, 2.75) is 32.9 Å². The molecular weight excluding hydrogens is 320 g/mol. The Balaban J connectivity index is 1.62. The molecule has 1 aliphatic heterocycles. The van der Waals surface area contributed by atoms with Gasteiger partial charge in [-0.1, -0.05) is 12.1 Å². The van der Waals surface area contributed by atoms with Crippen LogP contribution in [-0.4, -0.2) is 34.3 Å². The highest BCUT2D eigenvalue weighted by molar-refractivity contribution is 5.97. The van der Waals surface area contributed by atoms with Crippen molar-refractivity contribution in [1.82, 2.24) is 15.2 Å². The average Bonchev–Trinajstić information content (AvgIpc) is 3.11. The first-order valence-corrected chi connectivity index (χ1v) is 8.00. The number of carbonyl (C=O) groups is 2. The molecule has 2 amide bonds. The number of oxazole rings is 1. The summed E-state index contributed by atoms with van der Waals surface area (Å²) in [5.74, 6) is 0.348. The lowest BCUT2D eigenvalue weighted by Gasteiger charge is -2.17. The van der Waals surface area contributed by atoms with Crippen LogP contribution in [-0.2, 0) is 11.3 Å². The van der Waals surface area contributed by atoms with E-state index in [1.54, 1.807) is 30.9 Å². The molecule has 3 rings (SSSR count). The van der Waals surface area contributed by atoms with Gasteiger partial charge in [-0.2, -0.15) is 5.26 Å². The molecule has 128 valence electrons. The topological polar surface area (TPSA) is 99.2 Å². The number of nitrogens with zero attached hydrogens (tertiary/aromatic N) is 3. The second-order valence-corrected chi connectivity index (χ2v) is 6.02. The van der Waals surface area contributed by atoms with Gasteiger partial charge in [-0.15, -0.1) is 0 Å². The molecule has 1 aromatic heterocycles. The number of hydrogen-bond acceptors (Lipinski definition) is 5. The SMILES string of the molecule is Cc1nc(C(=O)N[C@@H]2CCN(Cc3ccc(C#N)cc3)C2=O)c(C)o1. The molecule has 0 spiro atoms. The first-order valence-electron chi connectivity index (χ1n) is 8.00. The smallest absolute Gasteiger partial charge is 0.274 e. The summed E-state index contributed by atoms with van der Waals surface area (Å²) in [4.78, 5) is 30.5. The van der Waals surface area contributed by atoms with Crippen molar-refractivity contribution in [3.05, 3.63) is 52.7 Å². The Morgan fingerprint density at radius 3 is 2.72 bits per heavy atom. The van der Waals surface area contributed by atoms with Crippen LogP contribution in [0.3, 0.4) is 0 Å². The Morgan fingerprint density at radius 1 is 1.40 bits per heavy atom. The van der Waals surface area contributed by atoms with Gasteiger partial charge in [0.15, 0.2) is 11.6 Å². The van der Waals surface area contributed by atoms with E-state index in [2.05, 4.69) is 16.4 Å². The summed E-state index contributed by atoms with van der Waals surface area (Å²) in [6.45, 7) is 4.37. The van der Waals surface area contributed by atoms with Crippen molar-refractivity contribution < 1.29 is 14.0 Å². The van der Waals surface area contributed by atoms with Crippen molar-refractivity contribution in [3.63, 3.8) is 0 Å². The molecule has 0 aliphatic carbocycles.